The van der Waals surface area contributed by atoms with Gasteiger partial charge in [0, 0.05) is 59.6 Å². The van der Waals surface area contributed by atoms with E-state index in [4.69, 9.17) is 4.74 Å². The number of benzene rings is 2. The lowest BCUT2D eigenvalue weighted by Gasteiger charge is -2.28. The van der Waals surface area contributed by atoms with Crippen molar-refractivity contribution in [3.63, 3.8) is 0 Å². The van der Waals surface area contributed by atoms with Crippen molar-refractivity contribution < 1.29 is 19.1 Å². The van der Waals surface area contributed by atoms with E-state index in [1.54, 1.807) is 45.3 Å². The number of pyridine rings is 1. The molecule has 0 spiro atoms. The Hall–Kier alpha value is -3.94. The largest absolute Gasteiger partial charge is 0.444 e. The number of rotatable bonds is 6. The zero-order valence-corrected chi connectivity index (χ0v) is 18.8. The molecule has 0 fully saturated rings. The van der Waals surface area contributed by atoms with Gasteiger partial charge >= 0.3 is 6.09 Å². The Morgan fingerprint density at radius 1 is 1.00 bits per heavy atom. The molecule has 0 unspecified atom stereocenters. The molecule has 0 radical (unpaired) electrons. The summed E-state index contributed by atoms with van der Waals surface area (Å²) in [6, 6.07) is 12.9. The molecule has 3 amide bonds. The SMILES string of the molecule is CC(C)(C)OC(=O)NCCN1C(=O)c2cccc3c(NCc4ccncc4)ccc(c23)C1=O. The van der Waals surface area contributed by atoms with Crippen molar-refractivity contribution in [3.05, 3.63) is 71.5 Å². The number of amides is 3. The maximum Gasteiger partial charge on any atom is 0.407 e. The van der Waals surface area contributed by atoms with Crippen LogP contribution >= 0.6 is 0 Å². The fraction of sp³-hybridized carbons (Fsp3) is 0.280. The molecule has 4 rings (SSSR count). The second-order valence-corrected chi connectivity index (χ2v) is 8.79. The second kappa shape index (κ2) is 8.90. The third-order valence-electron chi connectivity index (χ3n) is 5.23. The summed E-state index contributed by atoms with van der Waals surface area (Å²) in [5.41, 5.74) is 2.21. The minimum Gasteiger partial charge on any atom is -0.444 e. The monoisotopic (exact) mass is 446 g/mol. The number of nitrogens with zero attached hydrogens (tertiary/aromatic N) is 2. The van der Waals surface area contributed by atoms with Gasteiger partial charge in [-0.2, -0.15) is 0 Å². The molecule has 1 aliphatic rings. The highest BCUT2D eigenvalue weighted by atomic mass is 16.6. The number of carbonyl (C=O) groups excluding carboxylic acids is 3. The summed E-state index contributed by atoms with van der Waals surface area (Å²) in [6.45, 7) is 6.04. The molecule has 1 aliphatic heterocycles. The first kappa shape index (κ1) is 22.3. The number of carbonyl (C=O) groups is 3. The molecule has 33 heavy (non-hydrogen) atoms. The minimum absolute atomic E-state index is 0.0504. The van der Waals surface area contributed by atoms with Crippen LogP contribution in [0.3, 0.4) is 0 Å². The lowest BCUT2D eigenvalue weighted by molar-refractivity contribution is 0.0496. The molecule has 170 valence electrons. The molecule has 2 aromatic carbocycles. The smallest absolute Gasteiger partial charge is 0.407 e. The highest BCUT2D eigenvalue weighted by Gasteiger charge is 2.33. The van der Waals surface area contributed by atoms with Gasteiger partial charge in [-0.15, -0.1) is 0 Å². The van der Waals surface area contributed by atoms with Gasteiger partial charge in [-0.05, 0) is 56.7 Å². The quantitative estimate of drug-likeness (QED) is 0.556. The normalized spacial score (nSPS) is 13.2. The second-order valence-electron chi connectivity index (χ2n) is 8.79. The number of hydrogen-bond acceptors (Lipinski definition) is 6. The van der Waals surface area contributed by atoms with Crippen LogP contribution in [0.2, 0.25) is 0 Å². The number of imide groups is 1. The van der Waals surface area contributed by atoms with Gasteiger partial charge in [0.05, 0.1) is 0 Å². The van der Waals surface area contributed by atoms with Crippen LogP contribution in [0, 0.1) is 0 Å². The molecule has 0 atom stereocenters. The highest BCUT2D eigenvalue weighted by molar-refractivity contribution is 6.26. The number of alkyl carbamates (subject to hydrolysis) is 1. The van der Waals surface area contributed by atoms with Crippen molar-refractivity contribution in [1.82, 2.24) is 15.2 Å². The zero-order chi connectivity index (χ0) is 23.6. The number of aromatic nitrogens is 1. The molecule has 1 aromatic heterocycles. The van der Waals surface area contributed by atoms with Crippen LogP contribution in [0.15, 0.2) is 54.9 Å². The molecular weight excluding hydrogens is 420 g/mol. The Morgan fingerprint density at radius 3 is 2.39 bits per heavy atom. The molecule has 3 aromatic rings. The fourth-order valence-corrected chi connectivity index (χ4v) is 3.79. The molecule has 2 N–H and O–H groups in total. The Balaban J connectivity index is 1.53. The van der Waals surface area contributed by atoms with Gasteiger partial charge in [-0.1, -0.05) is 12.1 Å². The first-order valence-electron chi connectivity index (χ1n) is 10.8. The lowest BCUT2D eigenvalue weighted by Crippen LogP contribution is -2.45. The maximum absolute atomic E-state index is 13.1. The summed E-state index contributed by atoms with van der Waals surface area (Å²) in [7, 11) is 0. The summed E-state index contributed by atoms with van der Waals surface area (Å²) < 4.78 is 5.20. The van der Waals surface area contributed by atoms with Gasteiger partial charge in [0.25, 0.3) is 11.8 Å². The average molecular weight is 447 g/mol. The van der Waals surface area contributed by atoms with Crippen LogP contribution in [0.1, 0.15) is 47.1 Å². The van der Waals surface area contributed by atoms with E-state index in [9.17, 15) is 14.4 Å². The number of anilines is 1. The Bertz CT molecular complexity index is 1200. The van der Waals surface area contributed by atoms with E-state index in [0.717, 1.165) is 16.6 Å². The standard InChI is InChI=1S/C25H26N4O4/c1-25(2,3)33-24(32)27-13-14-29-22(30)18-6-4-5-17-20(8-7-19(21(17)18)23(29)31)28-15-16-9-11-26-12-10-16/h4-12,28H,13-15H2,1-3H3,(H,27,32). The molecule has 2 heterocycles. The van der Waals surface area contributed by atoms with E-state index in [2.05, 4.69) is 15.6 Å². The van der Waals surface area contributed by atoms with Gasteiger partial charge < -0.3 is 15.4 Å². The molecule has 0 saturated heterocycles. The summed E-state index contributed by atoms with van der Waals surface area (Å²) >= 11 is 0. The van der Waals surface area contributed by atoms with Crippen LogP contribution in [0.4, 0.5) is 10.5 Å². The zero-order valence-electron chi connectivity index (χ0n) is 18.8. The van der Waals surface area contributed by atoms with Crippen LogP contribution in [0.25, 0.3) is 10.8 Å². The molecular formula is C25H26N4O4. The number of hydrogen-bond donors (Lipinski definition) is 2. The van der Waals surface area contributed by atoms with Crippen molar-refractivity contribution in [1.29, 1.82) is 0 Å². The van der Waals surface area contributed by atoms with E-state index < -0.39 is 11.7 Å². The van der Waals surface area contributed by atoms with Gasteiger partial charge in [0.1, 0.15) is 5.60 Å². The van der Waals surface area contributed by atoms with Crippen molar-refractivity contribution in [3.8, 4) is 0 Å². The first-order chi connectivity index (χ1) is 15.7. The Kier molecular flexibility index (Phi) is 6.00. The molecule has 8 nitrogen and oxygen atoms in total. The van der Waals surface area contributed by atoms with Crippen LogP contribution in [-0.2, 0) is 11.3 Å². The maximum atomic E-state index is 13.1. The summed E-state index contributed by atoms with van der Waals surface area (Å²) in [4.78, 5) is 43.4. The predicted octanol–water partition coefficient (Wildman–Crippen LogP) is 3.97. The third-order valence-corrected chi connectivity index (χ3v) is 5.23. The number of nitrogens with one attached hydrogen (secondary N) is 2. The summed E-state index contributed by atoms with van der Waals surface area (Å²) in [5.74, 6) is -0.759. The lowest BCUT2D eigenvalue weighted by atomic mass is 9.93. The van der Waals surface area contributed by atoms with Crippen molar-refractivity contribution in [2.75, 3.05) is 18.4 Å². The molecule has 0 bridgehead atoms. The van der Waals surface area contributed by atoms with Gasteiger partial charge in [0.2, 0.25) is 0 Å². The highest BCUT2D eigenvalue weighted by Crippen LogP contribution is 2.34. The number of ether oxygens (including phenoxy) is 1. The van der Waals surface area contributed by atoms with Crippen LogP contribution in [0.5, 0.6) is 0 Å². The predicted molar refractivity (Wildman–Crippen MR) is 125 cm³/mol. The van der Waals surface area contributed by atoms with E-state index in [0.29, 0.717) is 23.1 Å². The van der Waals surface area contributed by atoms with E-state index in [1.807, 2.05) is 30.3 Å². The van der Waals surface area contributed by atoms with Gasteiger partial charge in [-0.25, -0.2) is 4.79 Å². The van der Waals surface area contributed by atoms with E-state index >= 15 is 0 Å². The van der Waals surface area contributed by atoms with Crippen LogP contribution < -0.4 is 10.6 Å². The third kappa shape index (κ3) is 4.79. The molecule has 8 heteroatoms. The minimum atomic E-state index is -0.626. The van der Waals surface area contributed by atoms with Crippen molar-refractivity contribution in [2.24, 2.45) is 0 Å². The Labute approximate surface area is 191 Å². The average Bonchev–Trinajstić information content (AvgIpc) is 2.78. The Morgan fingerprint density at radius 2 is 1.70 bits per heavy atom. The molecule has 0 aliphatic carbocycles. The summed E-state index contributed by atoms with van der Waals surface area (Å²) in [6.07, 6.45) is 2.88. The van der Waals surface area contributed by atoms with Crippen molar-refractivity contribution in [2.45, 2.75) is 32.9 Å². The topological polar surface area (TPSA) is 101 Å². The van der Waals surface area contributed by atoms with Gasteiger partial charge in [0.15, 0.2) is 0 Å². The fourth-order valence-electron chi connectivity index (χ4n) is 3.79. The van der Waals surface area contributed by atoms with E-state index in [-0.39, 0.29) is 24.9 Å². The molecule has 0 saturated carbocycles. The summed E-state index contributed by atoms with van der Waals surface area (Å²) in [5, 5.41) is 7.44. The van der Waals surface area contributed by atoms with Crippen molar-refractivity contribution >= 4 is 34.4 Å². The van der Waals surface area contributed by atoms with Gasteiger partial charge in [-0.3, -0.25) is 19.5 Å². The first-order valence-corrected chi connectivity index (χ1v) is 10.8. The van der Waals surface area contributed by atoms with Crippen LogP contribution in [-0.4, -0.2) is 46.5 Å². The van der Waals surface area contributed by atoms with E-state index in [1.165, 1.54) is 4.90 Å².